The zero-order valence-corrected chi connectivity index (χ0v) is 12.0. The summed E-state index contributed by atoms with van der Waals surface area (Å²) >= 11 is 5.74. The minimum atomic E-state index is -3.42. The van der Waals surface area contributed by atoms with E-state index in [0.717, 1.165) is 0 Å². The lowest BCUT2D eigenvalue weighted by molar-refractivity contribution is 0.609. The molecule has 0 unspecified atom stereocenters. The average molecular weight is 316 g/mol. The topological polar surface area (TPSA) is 85.9 Å². The third kappa shape index (κ3) is 4.38. The second-order valence-electron chi connectivity index (χ2n) is 3.68. The predicted octanol–water partition coefficient (Wildman–Crippen LogP) is 2.33. The maximum Gasteiger partial charge on any atom is 0.213 e. The summed E-state index contributed by atoms with van der Waals surface area (Å²) in [4.78, 5) is 7.70. The van der Waals surface area contributed by atoms with Gasteiger partial charge in [-0.25, -0.2) is 18.4 Å². The van der Waals surface area contributed by atoms with Gasteiger partial charge in [0, 0.05) is 22.0 Å². The number of rotatable bonds is 4. The van der Waals surface area contributed by atoms with Gasteiger partial charge in [0.25, 0.3) is 0 Å². The summed E-state index contributed by atoms with van der Waals surface area (Å²) in [5.41, 5.74) is 6.13. The molecular weight excluding hydrogens is 306 g/mol. The van der Waals surface area contributed by atoms with Gasteiger partial charge in [0.15, 0.2) is 0 Å². The Kier molecular flexibility index (Phi) is 4.28. The first kappa shape index (κ1) is 14.1. The van der Waals surface area contributed by atoms with Crippen molar-refractivity contribution in [2.75, 3.05) is 5.73 Å². The lowest BCUT2D eigenvalue weighted by atomic mass is 10.2. The number of benzene rings is 1. The summed E-state index contributed by atoms with van der Waals surface area (Å²) in [5, 5.41) is 0.682. The molecule has 19 heavy (non-hydrogen) atoms. The number of hydrogen-bond acceptors (Lipinski definition) is 6. The Balaban J connectivity index is 2.13. The van der Waals surface area contributed by atoms with Gasteiger partial charge in [0.1, 0.15) is 5.82 Å². The fraction of sp³-hybridized carbons (Fsp3) is 0.0909. The average Bonchev–Trinajstić information content (AvgIpc) is 2.31. The van der Waals surface area contributed by atoms with Crippen LogP contribution in [0.2, 0.25) is 5.02 Å². The molecule has 0 aliphatic heterocycles. The second kappa shape index (κ2) is 5.77. The summed E-state index contributed by atoms with van der Waals surface area (Å²) in [6.07, 6.45) is 1.42. The third-order valence-electron chi connectivity index (χ3n) is 2.11. The van der Waals surface area contributed by atoms with Gasteiger partial charge in [-0.1, -0.05) is 23.7 Å². The maximum absolute atomic E-state index is 12.0. The van der Waals surface area contributed by atoms with Crippen LogP contribution in [0.5, 0.6) is 0 Å². The minimum Gasteiger partial charge on any atom is -0.384 e. The molecule has 0 aliphatic rings. The first-order valence-corrected chi connectivity index (χ1v) is 8.56. The van der Waals surface area contributed by atoms with Crippen molar-refractivity contribution in [2.45, 2.75) is 10.9 Å². The van der Waals surface area contributed by atoms with E-state index >= 15 is 0 Å². The molecule has 0 atom stereocenters. The smallest absolute Gasteiger partial charge is 0.213 e. The first-order chi connectivity index (χ1) is 8.94. The Morgan fingerprint density at radius 3 is 2.53 bits per heavy atom. The highest BCUT2D eigenvalue weighted by molar-refractivity contribution is 8.71. The van der Waals surface area contributed by atoms with Crippen molar-refractivity contribution in [3.05, 3.63) is 47.1 Å². The highest BCUT2D eigenvalue weighted by atomic mass is 35.5. The Morgan fingerprint density at radius 2 is 1.89 bits per heavy atom. The number of nitrogens with zero attached hydrogens (tertiary/aromatic N) is 2. The zero-order valence-electron chi connectivity index (χ0n) is 9.65. The maximum atomic E-state index is 12.0. The Morgan fingerprint density at radius 1 is 1.21 bits per heavy atom. The van der Waals surface area contributed by atoms with Crippen molar-refractivity contribution >= 4 is 37.1 Å². The summed E-state index contributed by atoms with van der Waals surface area (Å²) in [7, 11) is -2.83. The Labute approximate surface area is 119 Å². The molecule has 0 saturated heterocycles. The van der Waals surface area contributed by atoms with E-state index in [4.69, 9.17) is 17.3 Å². The number of nitrogen functional groups attached to an aromatic ring is 1. The van der Waals surface area contributed by atoms with E-state index in [1.54, 1.807) is 24.3 Å². The van der Waals surface area contributed by atoms with E-state index in [1.807, 2.05) is 0 Å². The molecule has 0 amide bonds. The molecule has 0 spiro atoms. The van der Waals surface area contributed by atoms with Gasteiger partial charge in [0.05, 0.1) is 5.75 Å². The van der Waals surface area contributed by atoms with Gasteiger partial charge in [0.2, 0.25) is 14.0 Å². The molecule has 2 rings (SSSR count). The molecule has 0 bridgehead atoms. The lowest BCUT2D eigenvalue weighted by Crippen LogP contribution is -2.01. The van der Waals surface area contributed by atoms with Crippen LogP contribution in [0.15, 0.2) is 41.7 Å². The molecule has 0 radical (unpaired) electrons. The molecule has 0 aliphatic carbocycles. The zero-order chi connectivity index (χ0) is 13.9. The standard InChI is InChI=1S/C11H10ClN3O2S2/c12-9-3-1-8(2-4-9)7-19(16,17)18-11-14-6-5-10(13)15-11/h1-6H,7H2,(H2,13,14,15). The summed E-state index contributed by atoms with van der Waals surface area (Å²) in [6.45, 7) is 0. The Bertz CT molecular complexity index is 675. The quantitative estimate of drug-likeness (QED) is 0.688. The molecule has 2 aromatic rings. The van der Waals surface area contributed by atoms with Crippen LogP contribution in [0, 0.1) is 0 Å². The number of aromatic nitrogens is 2. The van der Waals surface area contributed by atoms with Crippen LogP contribution in [0.1, 0.15) is 5.56 Å². The van der Waals surface area contributed by atoms with E-state index in [1.165, 1.54) is 12.3 Å². The van der Waals surface area contributed by atoms with E-state index in [9.17, 15) is 8.42 Å². The number of anilines is 1. The van der Waals surface area contributed by atoms with E-state index < -0.39 is 8.87 Å². The minimum absolute atomic E-state index is 0.118. The molecule has 1 aromatic carbocycles. The van der Waals surface area contributed by atoms with E-state index in [0.29, 0.717) is 21.4 Å². The fourth-order valence-corrected chi connectivity index (χ4v) is 4.09. The Hall–Kier alpha value is -1.31. The first-order valence-electron chi connectivity index (χ1n) is 5.20. The van der Waals surface area contributed by atoms with Crippen molar-refractivity contribution in [2.24, 2.45) is 0 Å². The fourth-order valence-electron chi connectivity index (χ4n) is 1.32. The molecule has 100 valence electrons. The highest BCUT2D eigenvalue weighted by Gasteiger charge is 2.16. The van der Waals surface area contributed by atoms with Crippen LogP contribution < -0.4 is 5.73 Å². The van der Waals surface area contributed by atoms with Crippen LogP contribution in [0.3, 0.4) is 0 Å². The van der Waals surface area contributed by atoms with Gasteiger partial charge < -0.3 is 5.73 Å². The van der Waals surface area contributed by atoms with Crippen molar-refractivity contribution in [3.8, 4) is 0 Å². The normalized spacial score (nSPS) is 11.4. The molecule has 1 aromatic heterocycles. The van der Waals surface area contributed by atoms with E-state index in [-0.39, 0.29) is 16.7 Å². The van der Waals surface area contributed by atoms with Gasteiger partial charge in [-0.05, 0) is 23.8 Å². The van der Waals surface area contributed by atoms with Crippen LogP contribution in [-0.4, -0.2) is 18.4 Å². The second-order valence-corrected chi connectivity index (χ2v) is 8.07. The molecule has 1 heterocycles. The van der Waals surface area contributed by atoms with Crippen LogP contribution in [0.25, 0.3) is 0 Å². The largest absolute Gasteiger partial charge is 0.384 e. The molecule has 0 saturated carbocycles. The lowest BCUT2D eigenvalue weighted by Gasteiger charge is -2.03. The number of halogens is 1. The summed E-state index contributed by atoms with van der Waals surface area (Å²) in [6, 6.07) is 8.12. The van der Waals surface area contributed by atoms with E-state index in [2.05, 4.69) is 9.97 Å². The van der Waals surface area contributed by atoms with Gasteiger partial charge in [-0.2, -0.15) is 0 Å². The monoisotopic (exact) mass is 315 g/mol. The summed E-state index contributed by atoms with van der Waals surface area (Å²) < 4.78 is 23.9. The van der Waals surface area contributed by atoms with Crippen LogP contribution in [-0.2, 0) is 14.6 Å². The van der Waals surface area contributed by atoms with Gasteiger partial charge in [-0.15, -0.1) is 0 Å². The van der Waals surface area contributed by atoms with Gasteiger partial charge in [-0.3, -0.25) is 0 Å². The number of nitrogens with two attached hydrogens (primary N) is 1. The van der Waals surface area contributed by atoms with Crippen molar-refractivity contribution < 1.29 is 8.42 Å². The van der Waals surface area contributed by atoms with Gasteiger partial charge >= 0.3 is 0 Å². The third-order valence-corrected chi connectivity index (χ3v) is 5.21. The molecular formula is C11H10ClN3O2S2. The highest BCUT2D eigenvalue weighted by Crippen LogP contribution is 2.25. The van der Waals surface area contributed by atoms with Crippen LogP contribution >= 0.6 is 22.4 Å². The SMILES string of the molecule is Nc1ccnc(SS(=O)(=O)Cc2ccc(Cl)cc2)n1. The predicted molar refractivity (Wildman–Crippen MR) is 76.4 cm³/mol. The van der Waals surface area contributed by atoms with Crippen molar-refractivity contribution in [1.29, 1.82) is 0 Å². The van der Waals surface area contributed by atoms with Crippen LogP contribution in [0.4, 0.5) is 5.82 Å². The summed E-state index contributed by atoms with van der Waals surface area (Å²) in [5.74, 6) is 0.117. The molecule has 2 N–H and O–H groups in total. The molecule has 8 heteroatoms. The van der Waals surface area contributed by atoms with Crippen molar-refractivity contribution in [1.82, 2.24) is 9.97 Å². The van der Waals surface area contributed by atoms with Crippen molar-refractivity contribution in [3.63, 3.8) is 0 Å². The molecule has 0 fully saturated rings. The number of hydrogen-bond donors (Lipinski definition) is 1. The molecule has 5 nitrogen and oxygen atoms in total.